The molecule has 0 saturated heterocycles. The largest absolute Gasteiger partial charge is 0.492 e. The van der Waals surface area contributed by atoms with Gasteiger partial charge in [0.15, 0.2) is 0 Å². The van der Waals surface area contributed by atoms with Gasteiger partial charge in [-0.05, 0) is 81.4 Å². The summed E-state index contributed by atoms with van der Waals surface area (Å²) in [6, 6.07) is 25.3. The smallest absolute Gasteiger partial charge is 0.119 e. The van der Waals surface area contributed by atoms with E-state index in [4.69, 9.17) is 4.74 Å². The average Bonchev–Trinajstić information content (AvgIpc) is 2.86. The van der Waals surface area contributed by atoms with Gasteiger partial charge in [0, 0.05) is 6.54 Å². The Labute approximate surface area is 206 Å². The molecular formula is C31H41NO2. The van der Waals surface area contributed by atoms with Crippen molar-refractivity contribution in [3.05, 3.63) is 101 Å². The Morgan fingerprint density at radius 2 is 1.18 bits per heavy atom. The first-order valence-corrected chi connectivity index (χ1v) is 12.7. The van der Waals surface area contributed by atoms with Gasteiger partial charge < -0.3 is 14.7 Å². The van der Waals surface area contributed by atoms with E-state index in [-0.39, 0.29) is 0 Å². The quantitative estimate of drug-likeness (QED) is 0.318. The summed E-state index contributed by atoms with van der Waals surface area (Å²) in [4.78, 5) is 2.35. The monoisotopic (exact) mass is 459 g/mol. The van der Waals surface area contributed by atoms with Crippen LogP contribution < -0.4 is 4.74 Å². The van der Waals surface area contributed by atoms with E-state index in [1.54, 1.807) is 0 Å². The van der Waals surface area contributed by atoms with E-state index < -0.39 is 5.60 Å². The fraction of sp³-hybridized carbons (Fsp3) is 0.419. The lowest BCUT2D eigenvalue weighted by Crippen LogP contribution is -2.28. The number of nitrogens with zero attached hydrogens (tertiary/aromatic N) is 1. The van der Waals surface area contributed by atoms with Crippen molar-refractivity contribution >= 4 is 0 Å². The van der Waals surface area contributed by atoms with Crippen molar-refractivity contribution in [1.82, 2.24) is 4.90 Å². The highest BCUT2D eigenvalue weighted by Crippen LogP contribution is 2.33. The third kappa shape index (κ3) is 7.72. The van der Waals surface area contributed by atoms with Gasteiger partial charge >= 0.3 is 0 Å². The summed E-state index contributed by atoms with van der Waals surface area (Å²) in [5.41, 5.74) is 5.11. The standard InChI is InChI=1S/C31H41NO2/c1-5-32(6-2)23-24-34-30-17-15-29(16-18-30)31(33,21-19-27-11-7-25(3)8-12-27)22-20-28-13-9-26(4)10-14-28/h7-18,33H,5-6,19-24H2,1-4H3. The topological polar surface area (TPSA) is 32.7 Å². The normalized spacial score (nSPS) is 11.7. The lowest BCUT2D eigenvalue weighted by Gasteiger charge is -2.29. The Hall–Kier alpha value is -2.62. The molecule has 0 aromatic heterocycles. The first-order valence-electron chi connectivity index (χ1n) is 12.7. The van der Waals surface area contributed by atoms with Gasteiger partial charge in [0.2, 0.25) is 0 Å². The number of benzene rings is 3. The fourth-order valence-corrected chi connectivity index (χ4v) is 4.32. The highest BCUT2D eigenvalue weighted by molar-refractivity contribution is 5.32. The van der Waals surface area contributed by atoms with Crippen LogP contribution in [0.3, 0.4) is 0 Å². The van der Waals surface area contributed by atoms with Gasteiger partial charge in [-0.2, -0.15) is 0 Å². The van der Waals surface area contributed by atoms with Crippen LogP contribution in [-0.2, 0) is 18.4 Å². The number of ether oxygens (including phenoxy) is 1. The van der Waals surface area contributed by atoms with Gasteiger partial charge in [-0.3, -0.25) is 0 Å². The lowest BCUT2D eigenvalue weighted by atomic mass is 9.83. The van der Waals surface area contributed by atoms with Crippen LogP contribution in [0.1, 0.15) is 54.5 Å². The summed E-state index contributed by atoms with van der Waals surface area (Å²) in [5.74, 6) is 0.857. The molecule has 0 fully saturated rings. The average molecular weight is 460 g/mol. The zero-order chi connectivity index (χ0) is 24.4. The van der Waals surface area contributed by atoms with E-state index in [1.807, 2.05) is 24.3 Å². The Kier molecular flexibility index (Phi) is 9.74. The maximum absolute atomic E-state index is 11.9. The maximum Gasteiger partial charge on any atom is 0.119 e. The second-order valence-corrected chi connectivity index (χ2v) is 9.40. The van der Waals surface area contributed by atoms with E-state index in [9.17, 15) is 5.11 Å². The maximum atomic E-state index is 11.9. The number of rotatable bonds is 13. The molecular weight excluding hydrogens is 418 g/mol. The molecule has 0 saturated carbocycles. The molecule has 3 aromatic carbocycles. The second kappa shape index (κ2) is 12.7. The Bertz CT molecular complexity index is 924. The zero-order valence-electron chi connectivity index (χ0n) is 21.4. The molecule has 0 bridgehead atoms. The minimum absolute atomic E-state index is 0.673. The molecule has 0 aliphatic rings. The van der Waals surface area contributed by atoms with Crippen molar-refractivity contribution in [1.29, 1.82) is 0 Å². The van der Waals surface area contributed by atoms with E-state index in [1.165, 1.54) is 22.3 Å². The van der Waals surface area contributed by atoms with Crippen LogP contribution >= 0.6 is 0 Å². The minimum atomic E-state index is -0.893. The van der Waals surface area contributed by atoms with Crippen molar-refractivity contribution in [2.45, 2.75) is 59.0 Å². The summed E-state index contributed by atoms with van der Waals surface area (Å²) in [7, 11) is 0. The highest BCUT2D eigenvalue weighted by Gasteiger charge is 2.29. The second-order valence-electron chi connectivity index (χ2n) is 9.40. The molecule has 0 amide bonds. The molecule has 3 aromatic rings. The van der Waals surface area contributed by atoms with E-state index in [2.05, 4.69) is 81.1 Å². The predicted octanol–water partition coefficient (Wildman–Crippen LogP) is 6.48. The number of hydrogen-bond donors (Lipinski definition) is 1. The van der Waals surface area contributed by atoms with Crippen LogP contribution in [0.5, 0.6) is 5.75 Å². The molecule has 0 aliphatic heterocycles. The molecule has 0 radical (unpaired) electrons. The van der Waals surface area contributed by atoms with E-state index >= 15 is 0 Å². The van der Waals surface area contributed by atoms with Crippen LogP contribution in [0, 0.1) is 13.8 Å². The molecule has 0 atom stereocenters. The molecule has 182 valence electrons. The van der Waals surface area contributed by atoms with Crippen molar-refractivity contribution in [3.63, 3.8) is 0 Å². The van der Waals surface area contributed by atoms with Gasteiger partial charge in [-0.25, -0.2) is 0 Å². The first kappa shape index (κ1) is 26.0. The predicted molar refractivity (Wildman–Crippen MR) is 143 cm³/mol. The molecule has 0 aliphatic carbocycles. The van der Waals surface area contributed by atoms with Gasteiger partial charge in [-0.1, -0.05) is 85.6 Å². The van der Waals surface area contributed by atoms with Gasteiger partial charge in [0.25, 0.3) is 0 Å². The third-order valence-electron chi connectivity index (χ3n) is 6.86. The minimum Gasteiger partial charge on any atom is -0.492 e. The summed E-state index contributed by atoms with van der Waals surface area (Å²) in [5, 5.41) is 11.9. The van der Waals surface area contributed by atoms with E-state index in [0.717, 1.165) is 43.8 Å². The zero-order valence-corrected chi connectivity index (χ0v) is 21.4. The first-order chi connectivity index (χ1) is 16.4. The molecule has 34 heavy (non-hydrogen) atoms. The summed E-state index contributed by atoms with van der Waals surface area (Å²) in [6.07, 6.45) is 3.05. The molecule has 0 spiro atoms. The molecule has 0 unspecified atom stereocenters. The van der Waals surface area contributed by atoms with Gasteiger partial charge in [0.1, 0.15) is 12.4 Å². The number of aryl methyl sites for hydroxylation is 4. The fourth-order valence-electron chi connectivity index (χ4n) is 4.32. The van der Waals surface area contributed by atoms with Crippen molar-refractivity contribution in [3.8, 4) is 5.75 Å². The van der Waals surface area contributed by atoms with Crippen LogP contribution in [0.4, 0.5) is 0 Å². The van der Waals surface area contributed by atoms with Crippen LogP contribution in [0.2, 0.25) is 0 Å². The van der Waals surface area contributed by atoms with Crippen LogP contribution in [0.15, 0.2) is 72.8 Å². The van der Waals surface area contributed by atoms with Crippen LogP contribution in [-0.4, -0.2) is 36.2 Å². The molecule has 0 heterocycles. The number of aliphatic hydroxyl groups is 1. The lowest BCUT2D eigenvalue weighted by molar-refractivity contribution is 0.0189. The summed E-state index contributed by atoms with van der Waals surface area (Å²) < 4.78 is 5.97. The summed E-state index contributed by atoms with van der Waals surface area (Å²) in [6.45, 7) is 12.2. The Morgan fingerprint density at radius 1 is 0.706 bits per heavy atom. The third-order valence-corrected chi connectivity index (χ3v) is 6.86. The van der Waals surface area contributed by atoms with E-state index in [0.29, 0.717) is 19.4 Å². The van der Waals surface area contributed by atoms with Crippen LogP contribution in [0.25, 0.3) is 0 Å². The van der Waals surface area contributed by atoms with Gasteiger partial charge in [0.05, 0.1) is 5.60 Å². The Balaban J connectivity index is 1.70. The number of hydrogen-bond acceptors (Lipinski definition) is 3. The molecule has 3 rings (SSSR count). The highest BCUT2D eigenvalue weighted by atomic mass is 16.5. The number of likely N-dealkylation sites (N-methyl/N-ethyl adjacent to an activating group) is 1. The SMILES string of the molecule is CCN(CC)CCOc1ccc(C(O)(CCc2ccc(C)cc2)CCc2ccc(C)cc2)cc1. The molecule has 3 nitrogen and oxygen atoms in total. The molecule has 3 heteroatoms. The van der Waals surface area contributed by atoms with Gasteiger partial charge in [-0.15, -0.1) is 0 Å². The Morgan fingerprint density at radius 3 is 1.62 bits per heavy atom. The molecule has 1 N–H and O–H groups in total. The van der Waals surface area contributed by atoms with Crippen molar-refractivity contribution < 1.29 is 9.84 Å². The summed E-state index contributed by atoms with van der Waals surface area (Å²) >= 11 is 0. The van der Waals surface area contributed by atoms with Crippen molar-refractivity contribution in [2.75, 3.05) is 26.2 Å². The van der Waals surface area contributed by atoms with Crippen molar-refractivity contribution in [2.24, 2.45) is 0 Å².